The molecular formula is C9H15N3O4S. The molecule has 0 spiro atoms. The fourth-order valence-electron chi connectivity index (χ4n) is 1.38. The number of aryl methyl sites for hydroxylation is 1. The number of aromatic nitrogens is 2. The average Bonchev–Trinajstić information content (AvgIpc) is 2.64. The number of H-pyrrole nitrogens is 1. The quantitative estimate of drug-likeness (QED) is 0.679. The number of aliphatic carboxylic acids is 1. The summed E-state index contributed by atoms with van der Waals surface area (Å²) in [6.07, 6.45) is 1.97. The number of carboxylic acid groups (broad SMARTS) is 1. The number of aromatic amines is 1. The second-order valence-electron chi connectivity index (χ2n) is 3.66. The molecule has 96 valence electrons. The summed E-state index contributed by atoms with van der Waals surface area (Å²) in [6.45, 7) is 3.34. The van der Waals surface area contributed by atoms with Gasteiger partial charge in [-0.15, -0.1) is 0 Å². The zero-order valence-electron chi connectivity index (χ0n) is 9.60. The van der Waals surface area contributed by atoms with Gasteiger partial charge in [-0.3, -0.25) is 9.89 Å². The third-order valence-electron chi connectivity index (χ3n) is 2.25. The molecule has 0 unspecified atom stereocenters. The molecule has 0 saturated carbocycles. The van der Waals surface area contributed by atoms with Crippen LogP contribution in [0.1, 0.15) is 25.5 Å². The zero-order chi connectivity index (χ0) is 13.1. The normalized spacial score (nSPS) is 13.5. The van der Waals surface area contributed by atoms with Gasteiger partial charge in [-0.1, -0.05) is 13.3 Å². The van der Waals surface area contributed by atoms with Crippen molar-refractivity contribution in [3.63, 3.8) is 0 Å². The molecule has 7 nitrogen and oxygen atoms in total. The van der Waals surface area contributed by atoms with Crippen LogP contribution < -0.4 is 4.72 Å². The second kappa shape index (κ2) is 5.28. The zero-order valence-corrected chi connectivity index (χ0v) is 10.4. The van der Waals surface area contributed by atoms with Crippen LogP contribution in [0.5, 0.6) is 0 Å². The molecule has 1 rings (SSSR count). The van der Waals surface area contributed by atoms with E-state index in [1.54, 1.807) is 13.8 Å². The van der Waals surface area contributed by atoms with Crippen LogP contribution in [0.4, 0.5) is 0 Å². The molecule has 3 N–H and O–H groups in total. The van der Waals surface area contributed by atoms with Crippen molar-refractivity contribution in [1.82, 2.24) is 14.9 Å². The molecular weight excluding hydrogens is 246 g/mol. The Labute approximate surface area is 99.3 Å². The van der Waals surface area contributed by atoms with Gasteiger partial charge in [0.05, 0.1) is 11.9 Å². The van der Waals surface area contributed by atoms with Crippen molar-refractivity contribution in [2.45, 2.75) is 37.6 Å². The van der Waals surface area contributed by atoms with Crippen LogP contribution in [-0.2, 0) is 14.8 Å². The van der Waals surface area contributed by atoms with Crippen molar-refractivity contribution in [3.05, 3.63) is 11.9 Å². The molecule has 0 aliphatic carbocycles. The number of sulfonamides is 1. The molecule has 17 heavy (non-hydrogen) atoms. The van der Waals surface area contributed by atoms with Gasteiger partial charge in [0.2, 0.25) is 10.0 Å². The van der Waals surface area contributed by atoms with Crippen LogP contribution in [0.2, 0.25) is 0 Å². The van der Waals surface area contributed by atoms with E-state index in [9.17, 15) is 13.2 Å². The molecule has 0 radical (unpaired) electrons. The van der Waals surface area contributed by atoms with Gasteiger partial charge in [-0.2, -0.15) is 9.82 Å². The molecule has 1 atom stereocenters. The third-order valence-corrected chi connectivity index (χ3v) is 3.83. The summed E-state index contributed by atoms with van der Waals surface area (Å²) in [5.41, 5.74) is 0.373. The van der Waals surface area contributed by atoms with Gasteiger partial charge >= 0.3 is 5.97 Å². The van der Waals surface area contributed by atoms with E-state index in [2.05, 4.69) is 14.9 Å². The van der Waals surface area contributed by atoms with Gasteiger partial charge in [0, 0.05) is 0 Å². The third kappa shape index (κ3) is 3.27. The summed E-state index contributed by atoms with van der Waals surface area (Å²) in [5.74, 6) is -1.18. The highest BCUT2D eigenvalue weighted by atomic mass is 32.2. The van der Waals surface area contributed by atoms with Gasteiger partial charge in [0.1, 0.15) is 10.9 Å². The van der Waals surface area contributed by atoms with Crippen molar-refractivity contribution in [3.8, 4) is 0 Å². The first kappa shape index (κ1) is 13.7. The highest BCUT2D eigenvalue weighted by molar-refractivity contribution is 7.89. The number of carboxylic acids is 1. The van der Waals surface area contributed by atoms with Crippen molar-refractivity contribution in [2.24, 2.45) is 0 Å². The Hall–Kier alpha value is -1.41. The van der Waals surface area contributed by atoms with E-state index in [0.29, 0.717) is 12.1 Å². The van der Waals surface area contributed by atoms with Crippen LogP contribution in [0, 0.1) is 6.92 Å². The van der Waals surface area contributed by atoms with Crippen LogP contribution in [0.25, 0.3) is 0 Å². The van der Waals surface area contributed by atoms with E-state index in [0.717, 1.165) is 6.20 Å². The van der Waals surface area contributed by atoms with E-state index < -0.39 is 22.0 Å². The molecule has 0 saturated heterocycles. The maximum atomic E-state index is 11.9. The SMILES string of the molecule is CCC[C@@H](NS(=O)(=O)c1cn[nH]c1C)C(=O)O. The first-order chi connectivity index (χ1) is 7.88. The van der Waals surface area contributed by atoms with Gasteiger partial charge < -0.3 is 5.11 Å². The lowest BCUT2D eigenvalue weighted by Crippen LogP contribution is -2.40. The molecule has 1 heterocycles. The monoisotopic (exact) mass is 261 g/mol. The minimum atomic E-state index is -3.84. The Bertz CT molecular complexity index is 494. The number of nitrogens with zero attached hydrogens (tertiary/aromatic N) is 1. The summed E-state index contributed by atoms with van der Waals surface area (Å²) in [7, 11) is -3.84. The van der Waals surface area contributed by atoms with Gasteiger partial charge in [0.15, 0.2) is 0 Å². The standard InChI is InChI=1S/C9H15N3O4S/c1-3-4-7(9(13)14)12-17(15,16)8-5-10-11-6(8)2/h5,7,12H,3-4H2,1-2H3,(H,10,11)(H,13,14)/t7-/m1/s1. The van der Waals surface area contributed by atoms with Crippen molar-refractivity contribution in [2.75, 3.05) is 0 Å². The largest absolute Gasteiger partial charge is 0.480 e. The van der Waals surface area contributed by atoms with Crippen molar-refractivity contribution in [1.29, 1.82) is 0 Å². The highest BCUT2D eigenvalue weighted by Crippen LogP contribution is 2.12. The Morgan fingerprint density at radius 3 is 2.71 bits per heavy atom. The number of carbonyl (C=O) groups is 1. The van der Waals surface area contributed by atoms with Crippen molar-refractivity contribution >= 4 is 16.0 Å². The number of rotatable bonds is 6. The van der Waals surface area contributed by atoms with Crippen LogP contribution in [0.15, 0.2) is 11.1 Å². The summed E-state index contributed by atoms with van der Waals surface area (Å²) in [6, 6.07) is -1.11. The first-order valence-corrected chi connectivity index (χ1v) is 6.62. The number of nitrogens with one attached hydrogen (secondary N) is 2. The molecule has 0 bridgehead atoms. The van der Waals surface area contributed by atoms with Crippen LogP contribution >= 0.6 is 0 Å². The van der Waals surface area contributed by atoms with Gasteiger partial charge in [0.25, 0.3) is 0 Å². The lowest BCUT2D eigenvalue weighted by atomic mass is 10.2. The molecule has 0 amide bonds. The van der Waals surface area contributed by atoms with Gasteiger partial charge in [-0.25, -0.2) is 8.42 Å². The molecule has 8 heteroatoms. The Balaban J connectivity index is 2.93. The Morgan fingerprint density at radius 2 is 2.29 bits per heavy atom. The lowest BCUT2D eigenvalue weighted by molar-refractivity contribution is -0.139. The first-order valence-electron chi connectivity index (χ1n) is 5.13. The second-order valence-corrected chi connectivity index (χ2v) is 5.34. The molecule has 1 aromatic heterocycles. The highest BCUT2D eigenvalue weighted by Gasteiger charge is 2.26. The van der Waals surface area contributed by atoms with E-state index in [-0.39, 0.29) is 11.3 Å². The summed E-state index contributed by atoms with van der Waals surface area (Å²) < 4.78 is 25.9. The average molecular weight is 261 g/mol. The predicted molar refractivity (Wildman–Crippen MR) is 60.0 cm³/mol. The van der Waals surface area contributed by atoms with Crippen LogP contribution in [-0.4, -0.2) is 35.7 Å². The topological polar surface area (TPSA) is 112 Å². The minimum absolute atomic E-state index is 0.0279. The number of hydrogen-bond acceptors (Lipinski definition) is 4. The molecule has 0 aliphatic rings. The number of hydrogen-bond donors (Lipinski definition) is 3. The maximum absolute atomic E-state index is 11.9. The van der Waals surface area contributed by atoms with Crippen molar-refractivity contribution < 1.29 is 18.3 Å². The maximum Gasteiger partial charge on any atom is 0.321 e. The lowest BCUT2D eigenvalue weighted by Gasteiger charge is -2.13. The van der Waals surface area contributed by atoms with Gasteiger partial charge in [-0.05, 0) is 13.3 Å². The predicted octanol–water partition coefficient (Wildman–Crippen LogP) is 0.250. The Morgan fingerprint density at radius 1 is 1.65 bits per heavy atom. The fourth-order valence-corrected chi connectivity index (χ4v) is 2.74. The van der Waals surface area contributed by atoms with E-state index in [4.69, 9.17) is 5.11 Å². The van der Waals surface area contributed by atoms with E-state index in [1.807, 2.05) is 0 Å². The molecule has 1 aromatic rings. The summed E-state index contributed by atoms with van der Waals surface area (Å²) in [4.78, 5) is 10.8. The smallest absolute Gasteiger partial charge is 0.321 e. The van der Waals surface area contributed by atoms with E-state index >= 15 is 0 Å². The summed E-state index contributed by atoms with van der Waals surface area (Å²) >= 11 is 0. The minimum Gasteiger partial charge on any atom is -0.480 e. The Kier molecular flexibility index (Phi) is 4.24. The van der Waals surface area contributed by atoms with Crippen LogP contribution in [0.3, 0.4) is 0 Å². The fraction of sp³-hybridized carbons (Fsp3) is 0.556. The summed E-state index contributed by atoms with van der Waals surface area (Å²) in [5, 5.41) is 15.0. The molecule has 0 fully saturated rings. The van der Waals surface area contributed by atoms with E-state index in [1.165, 1.54) is 0 Å². The molecule has 0 aromatic carbocycles. The molecule has 0 aliphatic heterocycles.